The summed E-state index contributed by atoms with van der Waals surface area (Å²) in [6.07, 6.45) is 5.14. The summed E-state index contributed by atoms with van der Waals surface area (Å²) in [5.41, 5.74) is 1.25. The second-order valence-corrected chi connectivity index (χ2v) is 3.37. The Morgan fingerprint density at radius 3 is 2.80 bits per heavy atom. The van der Waals surface area contributed by atoms with Crippen LogP contribution in [0.15, 0.2) is 18.7 Å². The van der Waals surface area contributed by atoms with Crippen molar-refractivity contribution in [1.29, 1.82) is 0 Å². The van der Waals surface area contributed by atoms with Crippen molar-refractivity contribution >= 4 is 5.78 Å². The summed E-state index contributed by atoms with van der Waals surface area (Å²) >= 11 is 0. The molecule has 15 heavy (non-hydrogen) atoms. The Morgan fingerprint density at radius 2 is 2.27 bits per heavy atom. The summed E-state index contributed by atoms with van der Waals surface area (Å²) in [5.74, 6) is -0.00417. The van der Waals surface area contributed by atoms with Gasteiger partial charge in [0.15, 0.2) is 5.78 Å². The maximum atomic E-state index is 11.8. The van der Waals surface area contributed by atoms with Crippen LogP contribution in [-0.4, -0.2) is 30.3 Å². The highest BCUT2D eigenvalue weighted by Crippen LogP contribution is 2.03. The molecule has 0 aliphatic carbocycles. The fourth-order valence-corrected chi connectivity index (χ4v) is 1.36. The van der Waals surface area contributed by atoms with Crippen LogP contribution in [0.25, 0.3) is 0 Å². The molecule has 78 valence electrons. The van der Waals surface area contributed by atoms with E-state index >= 15 is 0 Å². The van der Waals surface area contributed by atoms with Gasteiger partial charge in [0, 0.05) is 20.3 Å². The second kappa shape index (κ2) is 3.64. The number of aromatic nitrogens is 5. The Labute approximate surface area is 86.5 Å². The van der Waals surface area contributed by atoms with Crippen molar-refractivity contribution in [2.75, 3.05) is 0 Å². The van der Waals surface area contributed by atoms with Crippen LogP contribution in [0.1, 0.15) is 16.2 Å². The molecule has 0 aliphatic heterocycles. The van der Waals surface area contributed by atoms with Crippen molar-refractivity contribution in [1.82, 2.24) is 24.5 Å². The summed E-state index contributed by atoms with van der Waals surface area (Å²) in [7, 11) is 3.56. The molecule has 2 aromatic rings. The van der Waals surface area contributed by atoms with Gasteiger partial charge in [0.2, 0.25) is 0 Å². The molecule has 2 rings (SSSR count). The molecule has 0 spiro atoms. The second-order valence-electron chi connectivity index (χ2n) is 3.37. The Morgan fingerprint density at radius 1 is 1.47 bits per heavy atom. The number of carbonyl (C=O) groups excluding carboxylic acids is 1. The van der Waals surface area contributed by atoms with E-state index in [1.165, 1.54) is 0 Å². The van der Waals surface area contributed by atoms with E-state index in [2.05, 4.69) is 15.3 Å². The molecule has 6 heteroatoms. The molecule has 0 saturated heterocycles. The largest absolute Gasteiger partial charge is 0.331 e. The van der Waals surface area contributed by atoms with Gasteiger partial charge in [-0.3, -0.25) is 9.48 Å². The molecule has 0 saturated carbocycles. The SMILES string of the molecule is Cn1cc(CC(=O)c2cncn2C)nn1. The van der Waals surface area contributed by atoms with Crippen LogP contribution in [0.2, 0.25) is 0 Å². The number of aryl methyl sites for hydroxylation is 2. The first-order chi connectivity index (χ1) is 7.16. The predicted molar refractivity (Wildman–Crippen MR) is 52.2 cm³/mol. The molecule has 0 aliphatic rings. The van der Waals surface area contributed by atoms with Gasteiger partial charge in [-0.25, -0.2) is 4.98 Å². The Balaban J connectivity index is 2.14. The number of carbonyl (C=O) groups is 1. The molecule has 0 bridgehead atoms. The maximum Gasteiger partial charge on any atom is 0.186 e. The minimum atomic E-state index is -0.00417. The topological polar surface area (TPSA) is 65.6 Å². The number of imidazole rings is 1. The van der Waals surface area contributed by atoms with E-state index < -0.39 is 0 Å². The van der Waals surface area contributed by atoms with Crippen LogP contribution >= 0.6 is 0 Å². The third-order valence-corrected chi connectivity index (χ3v) is 2.09. The van der Waals surface area contributed by atoms with Gasteiger partial charge in [-0.15, -0.1) is 5.10 Å². The Kier molecular flexibility index (Phi) is 2.32. The summed E-state index contributed by atoms with van der Waals surface area (Å²) in [6.45, 7) is 0. The highest BCUT2D eigenvalue weighted by Gasteiger charge is 2.12. The lowest BCUT2D eigenvalue weighted by Gasteiger charge is -1.98. The molecular formula is C9H11N5O. The van der Waals surface area contributed by atoms with E-state index in [0.717, 1.165) is 0 Å². The highest BCUT2D eigenvalue weighted by atomic mass is 16.1. The van der Waals surface area contributed by atoms with Gasteiger partial charge in [-0.05, 0) is 0 Å². The summed E-state index contributed by atoms with van der Waals surface area (Å²) < 4.78 is 3.27. The quantitative estimate of drug-likeness (QED) is 0.660. The predicted octanol–water partition coefficient (Wildman–Crippen LogP) is -0.0260. The van der Waals surface area contributed by atoms with Crippen LogP contribution in [0.3, 0.4) is 0 Å². The zero-order valence-electron chi connectivity index (χ0n) is 8.58. The summed E-state index contributed by atoms with van der Waals surface area (Å²) in [5, 5.41) is 7.62. The molecule has 0 aromatic carbocycles. The van der Waals surface area contributed by atoms with Crippen LogP contribution in [0.5, 0.6) is 0 Å². The average molecular weight is 205 g/mol. The van der Waals surface area contributed by atoms with Crippen molar-refractivity contribution in [2.45, 2.75) is 6.42 Å². The van der Waals surface area contributed by atoms with Gasteiger partial charge in [-0.2, -0.15) is 0 Å². The van der Waals surface area contributed by atoms with E-state index in [0.29, 0.717) is 11.4 Å². The van der Waals surface area contributed by atoms with Crippen LogP contribution in [-0.2, 0) is 20.5 Å². The van der Waals surface area contributed by atoms with Gasteiger partial charge in [0.05, 0.1) is 24.6 Å². The van der Waals surface area contributed by atoms with Crippen molar-refractivity contribution in [3.63, 3.8) is 0 Å². The normalized spacial score (nSPS) is 10.5. The number of rotatable bonds is 3. The van der Waals surface area contributed by atoms with Crippen molar-refractivity contribution in [3.05, 3.63) is 30.1 Å². The number of Topliss-reactive ketones (excluding diaryl/α,β-unsaturated/α-hetero) is 1. The van der Waals surface area contributed by atoms with Crippen molar-refractivity contribution < 1.29 is 4.79 Å². The van der Waals surface area contributed by atoms with Gasteiger partial charge >= 0.3 is 0 Å². The monoisotopic (exact) mass is 205 g/mol. The number of hydrogen-bond acceptors (Lipinski definition) is 4. The van der Waals surface area contributed by atoms with Gasteiger partial charge in [0.25, 0.3) is 0 Å². The van der Waals surface area contributed by atoms with Crippen molar-refractivity contribution in [2.24, 2.45) is 14.1 Å². The van der Waals surface area contributed by atoms with E-state index in [4.69, 9.17) is 0 Å². The lowest BCUT2D eigenvalue weighted by atomic mass is 10.2. The molecular weight excluding hydrogens is 194 g/mol. The van der Waals surface area contributed by atoms with Gasteiger partial charge in [0.1, 0.15) is 5.69 Å². The molecule has 0 radical (unpaired) electrons. The third-order valence-electron chi connectivity index (χ3n) is 2.09. The molecule has 0 atom stereocenters. The first kappa shape index (κ1) is 9.57. The smallest absolute Gasteiger partial charge is 0.186 e. The molecule has 0 fully saturated rings. The third kappa shape index (κ3) is 1.93. The number of hydrogen-bond donors (Lipinski definition) is 0. The molecule has 0 N–H and O–H groups in total. The van der Waals surface area contributed by atoms with Crippen molar-refractivity contribution in [3.8, 4) is 0 Å². The number of nitrogens with zero attached hydrogens (tertiary/aromatic N) is 5. The van der Waals surface area contributed by atoms with E-state index in [1.807, 2.05) is 0 Å². The Bertz CT molecular complexity index is 484. The van der Waals surface area contributed by atoms with Crippen LogP contribution in [0, 0.1) is 0 Å². The maximum absolute atomic E-state index is 11.8. The first-order valence-corrected chi connectivity index (χ1v) is 4.51. The summed E-state index contributed by atoms with van der Waals surface area (Å²) in [6, 6.07) is 0. The summed E-state index contributed by atoms with van der Waals surface area (Å²) in [4.78, 5) is 15.7. The average Bonchev–Trinajstić information content (AvgIpc) is 2.75. The van der Waals surface area contributed by atoms with Crippen LogP contribution in [0.4, 0.5) is 0 Å². The molecule has 2 heterocycles. The van der Waals surface area contributed by atoms with Gasteiger partial charge in [-0.1, -0.05) is 5.21 Å². The molecule has 2 aromatic heterocycles. The van der Waals surface area contributed by atoms with E-state index in [-0.39, 0.29) is 12.2 Å². The fourth-order valence-electron chi connectivity index (χ4n) is 1.36. The standard InChI is InChI=1S/C9H11N5O/c1-13-6-10-4-8(13)9(15)3-7-5-14(2)12-11-7/h4-6H,3H2,1-2H3. The highest BCUT2D eigenvalue weighted by molar-refractivity contribution is 5.95. The molecule has 0 amide bonds. The zero-order chi connectivity index (χ0) is 10.8. The lowest BCUT2D eigenvalue weighted by molar-refractivity contribution is 0.0984. The van der Waals surface area contributed by atoms with Gasteiger partial charge < -0.3 is 4.57 Å². The first-order valence-electron chi connectivity index (χ1n) is 4.51. The lowest BCUT2D eigenvalue weighted by Crippen LogP contribution is -2.08. The van der Waals surface area contributed by atoms with Crippen LogP contribution < -0.4 is 0 Å². The Hall–Kier alpha value is -1.98. The fraction of sp³-hybridized carbons (Fsp3) is 0.333. The zero-order valence-corrected chi connectivity index (χ0v) is 8.58. The number of ketones is 1. The molecule has 0 unspecified atom stereocenters. The minimum absolute atomic E-state index is 0.00417. The van der Waals surface area contributed by atoms with E-state index in [1.54, 1.807) is 42.1 Å². The van der Waals surface area contributed by atoms with E-state index in [9.17, 15) is 4.79 Å². The molecule has 6 nitrogen and oxygen atoms in total. The minimum Gasteiger partial charge on any atom is -0.331 e.